The molecule has 162 valence electrons. The number of hydrogen-bond acceptors (Lipinski definition) is 4. The first-order valence-corrected chi connectivity index (χ1v) is 10.1. The molecule has 2 aromatic rings. The zero-order valence-corrected chi connectivity index (χ0v) is 17.6. The lowest BCUT2D eigenvalue weighted by Crippen LogP contribution is -2.44. The van der Waals surface area contributed by atoms with Gasteiger partial charge in [-0.1, -0.05) is 17.7 Å². The van der Waals surface area contributed by atoms with Crippen LogP contribution in [0.4, 0.5) is 19.0 Å². The average molecular weight is 441 g/mol. The molecule has 0 radical (unpaired) electrons. The van der Waals surface area contributed by atoms with E-state index in [0.717, 1.165) is 29.9 Å². The van der Waals surface area contributed by atoms with E-state index in [9.17, 15) is 13.2 Å². The summed E-state index contributed by atoms with van der Waals surface area (Å²) >= 11 is 6.08. The maximum Gasteiger partial charge on any atom is 0.417 e. The van der Waals surface area contributed by atoms with Gasteiger partial charge in [0.05, 0.1) is 22.8 Å². The summed E-state index contributed by atoms with van der Waals surface area (Å²) in [4.78, 5) is 14.8. The molecular formula is C20H24ClF3N6. The number of nitrogens with one attached hydrogen (secondary N) is 2. The van der Waals surface area contributed by atoms with Crippen LogP contribution < -0.4 is 15.5 Å². The fourth-order valence-corrected chi connectivity index (χ4v) is 3.53. The lowest BCUT2D eigenvalue weighted by atomic mass is 10.2. The van der Waals surface area contributed by atoms with Crippen LogP contribution in [0.2, 0.25) is 5.02 Å². The van der Waals surface area contributed by atoms with E-state index in [4.69, 9.17) is 11.6 Å². The molecule has 0 aromatic carbocycles. The van der Waals surface area contributed by atoms with Gasteiger partial charge in [-0.05, 0) is 38.0 Å². The van der Waals surface area contributed by atoms with Crippen LogP contribution in [0.25, 0.3) is 0 Å². The molecule has 1 saturated heterocycles. The second kappa shape index (κ2) is 9.51. The van der Waals surface area contributed by atoms with Crippen LogP contribution in [0.15, 0.2) is 35.6 Å². The standard InChI is InChI=1S/C20H24ClF3N6/c1-3-25-19(28-11-17-13(2)5-4-7-26-17)29-15-6-8-30(12-15)18-16(21)9-14(10-27-18)20(22,23)24/h4-5,7,9-10,15H,3,6,8,11-12H2,1-2H3,(H2,25,28,29). The number of aliphatic imine (C=N–C) groups is 1. The molecule has 0 bridgehead atoms. The monoisotopic (exact) mass is 440 g/mol. The van der Waals surface area contributed by atoms with Gasteiger partial charge in [-0.15, -0.1) is 0 Å². The quantitative estimate of drug-likeness (QED) is 0.547. The van der Waals surface area contributed by atoms with E-state index in [0.29, 0.717) is 38.0 Å². The number of hydrogen-bond donors (Lipinski definition) is 2. The van der Waals surface area contributed by atoms with Crippen molar-refractivity contribution in [3.05, 3.63) is 52.4 Å². The first-order chi connectivity index (χ1) is 14.3. The van der Waals surface area contributed by atoms with Gasteiger partial charge in [-0.2, -0.15) is 13.2 Å². The lowest BCUT2D eigenvalue weighted by molar-refractivity contribution is -0.137. The first kappa shape index (κ1) is 22.1. The molecule has 1 aliphatic rings. The molecule has 3 rings (SSSR count). The van der Waals surface area contributed by atoms with Crippen molar-refractivity contribution in [1.82, 2.24) is 20.6 Å². The molecule has 0 spiro atoms. The third-order valence-electron chi connectivity index (χ3n) is 4.83. The Bertz CT molecular complexity index is 902. The van der Waals surface area contributed by atoms with E-state index in [2.05, 4.69) is 25.6 Å². The number of halogens is 4. The Kier molecular flexibility index (Phi) is 7.02. The van der Waals surface area contributed by atoms with Crippen molar-refractivity contribution in [2.45, 2.75) is 39.0 Å². The Hall–Kier alpha value is -2.55. The van der Waals surface area contributed by atoms with Crippen molar-refractivity contribution in [2.75, 3.05) is 24.5 Å². The summed E-state index contributed by atoms with van der Waals surface area (Å²) in [5, 5.41) is 6.59. The molecule has 1 fully saturated rings. The van der Waals surface area contributed by atoms with E-state index in [1.807, 2.05) is 30.9 Å². The van der Waals surface area contributed by atoms with Crippen LogP contribution in [0.5, 0.6) is 0 Å². The zero-order valence-electron chi connectivity index (χ0n) is 16.8. The van der Waals surface area contributed by atoms with Crippen LogP contribution in [-0.4, -0.2) is 41.6 Å². The predicted octanol–water partition coefficient (Wildman–Crippen LogP) is 3.79. The van der Waals surface area contributed by atoms with E-state index in [-0.39, 0.29) is 11.1 Å². The van der Waals surface area contributed by atoms with Gasteiger partial charge < -0.3 is 15.5 Å². The van der Waals surface area contributed by atoms with Gasteiger partial charge in [0, 0.05) is 38.1 Å². The van der Waals surface area contributed by atoms with Gasteiger partial charge >= 0.3 is 6.18 Å². The Morgan fingerprint density at radius 1 is 1.37 bits per heavy atom. The third kappa shape index (κ3) is 5.53. The lowest BCUT2D eigenvalue weighted by Gasteiger charge is -2.21. The highest BCUT2D eigenvalue weighted by Crippen LogP contribution is 2.34. The molecular weight excluding hydrogens is 417 g/mol. The molecule has 1 atom stereocenters. The number of aromatic nitrogens is 2. The van der Waals surface area contributed by atoms with Gasteiger partial charge in [0.25, 0.3) is 0 Å². The molecule has 0 amide bonds. The van der Waals surface area contributed by atoms with E-state index < -0.39 is 11.7 Å². The molecule has 6 nitrogen and oxygen atoms in total. The Labute approximate surface area is 178 Å². The minimum atomic E-state index is -4.46. The van der Waals surface area contributed by atoms with Crippen LogP contribution in [0.3, 0.4) is 0 Å². The van der Waals surface area contributed by atoms with Crippen molar-refractivity contribution in [1.29, 1.82) is 0 Å². The van der Waals surface area contributed by atoms with Crippen LogP contribution in [0, 0.1) is 6.92 Å². The SMILES string of the molecule is CCNC(=NCc1ncccc1C)NC1CCN(c2ncc(C(F)(F)F)cc2Cl)C1. The van der Waals surface area contributed by atoms with Gasteiger partial charge in [0.15, 0.2) is 5.96 Å². The average Bonchev–Trinajstić information content (AvgIpc) is 3.14. The molecule has 1 aliphatic heterocycles. The third-order valence-corrected chi connectivity index (χ3v) is 5.10. The summed E-state index contributed by atoms with van der Waals surface area (Å²) in [6.45, 7) is 6.32. The van der Waals surface area contributed by atoms with Crippen LogP contribution in [-0.2, 0) is 12.7 Å². The van der Waals surface area contributed by atoms with Gasteiger partial charge in [-0.3, -0.25) is 4.98 Å². The van der Waals surface area contributed by atoms with Gasteiger partial charge in [0.1, 0.15) is 5.82 Å². The molecule has 2 N–H and O–H groups in total. The molecule has 30 heavy (non-hydrogen) atoms. The number of aryl methyl sites for hydroxylation is 1. The van der Waals surface area contributed by atoms with Gasteiger partial charge in [0.2, 0.25) is 0 Å². The summed E-state index contributed by atoms with van der Waals surface area (Å²) in [7, 11) is 0. The summed E-state index contributed by atoms with van der Waals surface area (Å²) in [6.07, 6.45) is -1.12. The number of alkyl halides is 3. The maximum absolute atomic E-state index is 12.8. The first-order valence-electron chi connectivity index (χ1n) is 9.71. The number of rotatable bonds is 5. The number of nitrogens with zero attached hydrogens (tertiary/aromatic N) is 4. The molecule has 2 aromatic heterocycles. The largest absolute Gasteiger partial charge is 0.417 e. The van der Waals surface area contributed by atoms with Crippen molar-refractivity contribution in [2.24, 2.45) is 4.99 Å². The van der Waals surface area contributed by atoms with Crippen LogP contribution in [0.1, 0.15) is 30.2 Å². The summed E-state index contributed by atoms with van der Waals surface area (Å²) in [5.74, 6) is 1.03. The summed E-state index contributed by atoms with van der Waals surface area (Å²) in [5.41, 5.74) is 1.13. The van der Waals surface area contributed by atoms with E-state index in [1.54, 1.807) is 6.20 Å². The number of pyridine rings is 2. The number of guanidine groups is 1. The predicted molar refractivity (Wildman–Crippen MR) is 112 cm³/mol. The van der Waals surface area contributed by atoms with Crippen molar-refractivity contribution < 1.29 is 13.2 Å². The Morgan fingerprint density at radius 2 is 2.17 bits per heavy atom. The Balaban J connectivity index is 1.65. The van der Waals surface area contributed by atoms with Crippen LogP contribution >= 0.6 is 11.6 Å². The van der Waals surface area contributed by atoms with Crippen molar-refractivity contribution in [3.63, 3.8) is 0 Å². The second-order valence-electron chi connectivity index (χ2n) is 7.07. The Morgan fingerprint density at radius 3 is 2.83 bits per heavy atom. The smallest absolute Gasteiger partial charge is 0.357 e. The molecule has 0 saturated carbocycles. The highest BCUT2D eigenvalue weighted by atomic mass is 35.5. The normalized spacial score (nSPS) is 17.3. The van der Waals surface area contributed by atoms with Crippen molar-refractivity contribution >= 4 is 23.4 Å². The highest BCUT2D eigenvalue weighted by molar-refractivity contribution is 6.33. The summed E-state index contributed by atoms with van der Waals surface area (Å²) < 4.78 is 38.5. The fourth-order valence-electron chi connectivity index (χ4n) is 3.24. The van der Waals surface area contributed by atoms with E-state index >= 15 is 0 Å². The topological polar surface area (TPSA) is 65.4 Å². The van der Waals surface area contributed by atoms with Crippen molar-refractivity contribution in [3.8, 4) is 0 Å². The maximum atomic E-state index is 12.8. The minimum absolute atomic E-state index is 0.00308. The molecule has 1 unspecified atom stereocenters. The second-order valence-corrected chi connectivity index (χ2v) is 7.47. The number of anilines is 1. The highest BCUT2D eigenvalue weighted by Gasteiger charge is 2.33. The molecule has 0 aliphatic carbocycles. The molecule has 3 heterocycles. The van der Waals surface area contributed by atoms with Gasteiger partial charge in [-0.25, -0.2) is 9.98 Å². The summed E-state index contributed by atoms with van der Waals surface area (Å²) in [6, 6.07) is 4.87. The van der Waals surface area contributed by atoms with E-state index in [1.165, 1.54) is 0 Å². The molecule has 10 heteroatoms. The fraction of sp³-hybridized carbons (Fsp3) is 0.450. The minimum Gasteiger partial charge on any atom is -0.357 e. The zero-order chi connectivity index (χ0) is 21.7.